The van der Waals surface area contributed by atoms with E-state index < -0.39 is 0 Å². The van der Waals surface area contributed by atoms with Crippen molar-refractivity contribution >= 4 is 23.1 Å². The average molecular weight is 428 g/mol. The fraction of sp³-hybridized carbons (Fsp3) is 0.154. The van der Waals surface area contributed by atoms with E-state index in [1.54, 1.807) is 18.2 Å². The zero-order valence-electron chi connectivity index (χ0n) is 18.2. The molecule has 1 aliphatic rings. The van der Waals surface area contributed by atoms with Crippen LogP contribution in [-0.2, 0) is 16.1 Å². The van der Waals surface area contributed by atoms with Crippen LogP contribution in [0.25, 0.3) is 5.57 Å². The molecule has 32 heavy (non-hydrogen) atoms. The van der Waals surface area contributed by atoms with E-state index in [9.17, 15) is 9.59 Å². The SMILES string of the molecule is COc1ccc(N2C(=O)C(c3ccccc3)=C(N(C)Cc3ccccc3)C2=O)cc1OC. The number of carbonyl (C=O) groups is 2. The monoisotopic (exact) mass is 428 g/mol. The van der Waals surface area contributed by atoms with Crippen LogP contribution in [-0.4, -0.2) is 38.0 Å². The van der Waals surface area contributed by atoms with Crippen molar-refractivity contribution in [3.8, 4) is 11.5 Å². The molecule has 0 spiro atoms. The van der Waals surface area contributed by atoms with Crippen molar-refractivity contribution in [1.82, 2.24) is 4.90 Å². The van der Waals surface area contributed by atoms with Gasteiger partial charge in [0, 0.05) is 19.7 Å². The summed E-state index contributed by atoms with van der Waals surface area (Å²) in [7, 11) is 4.88. The summed E-state index contributed by atoms with van der Waals surface area (Å²) >= 11 is 0. The highest BCUT2D eigenvalue weighted by atomic mass is 16.5. The summed E-state index contributed by atoms with van der Waals surface area (Å²) < 4.78 is 10.7. The third-order valence-corrected chi connectivity index (χ3v) is 5.39. The van der Waals surface area contributed by atoms with Gasteiger partial charge in [-0.05, 0) is 23.3 Å². The van der Waals surface area contributed by atoms with Gasteiger partial charge in [-0.2, -0.15) is 0 Å². The minimum atomic E-state index is -0.375. The topological polar surface area (TPSA) is 59.1 Å². The second-order valence-corrected chi connectivity index (χ2v) is 7.42. The van der Waals surface area contributed by atoms with Gasteiger partial charge in [0.05, 0.1) is 25.5 Å². The van der Waals surface area contributed by atoms with Crippen LogP contribution in [0.3, 0.4) is 0 Å². The zero-order valence-corrected chi connectivity index (χ0v) is 18.2. The third-order valence-electron chi connectivity index (χ3n) is 5.39. The second-order valence-electron chi connectivity index (χ2n) is 7.42. The summed E-state index contributed by atoms with van der Waals surface area (Å²) in [6, 6.07) is 24.1. The number of imide groups is 1. The maximum absolute atomic E-state index is 13.6. The lowest BCUT2D eigenvalue weighted by Crippen LogP contribution is -2.34. The van der Waals surface area contributed by atoms with Crippen LogP contribution >= 0.6 is 0 Å². The van der Waals surface area contributed by atoms with E-state index in [1.165, 1.54) is 19.1 Å². The molecule has 1 aliphatic heterocycles. The first-order valence-electron chi connectivity index (χ1n) is 10.2. The Morgan fingerprint density at radius 2 is 1.41 bits per heavy atom. The lowest BCUT2D eigenvalue weighted by atomic mass is 10.0. The molecule has 0 aliphatic carbocycles. The smallest absolute Gasteiger partial charge is 0.282 e. The highest BCUT2D eigenvalue weighted by Gasteiger charge is 2.42. The third kappa shape index (κ3) is 3.83. The molecule has 0 radical (unpaired) electrons. The maximum atomic E-state index is 13.6. The number of likely N-dealkylation sites (N-methyl/N-ethyl adjacent to an activating group) is 1. The van der Waals surface area contributed by atoms with E-state index in [2.05, 4.69) is 0 Å². The van der Waals surface area contributed by atoms with E-state index in [4.69, 9.17) is 9.47 Å². The Kier molecular flexibility index (Phi) is 5.94. The van der Waals surface area contributed by atoms with Crippen molar-refractivity contribution in [1.29, 1.82) is 0 Å². The molecular formula is C26H24N2O4. The van der Waals surface area contributed by atoms with E-state index >= 15 is 0 Å². The van der Waals surface area contributed by atoms with Crippen LogP contribution in [0.15, 0.2) is 84.6 Å². The van der Waals surface area contributed by atoms with Crippen molar-refractivity contribution in [3.05, 3.63) is 95.7 Å². The number of amides is 2. The summed E-state index contributed by atoms with van der Waals surface area (Å²) in [6.45, 7) is 0.491. The van der Waals surface area contributed by atoms with Crippen molar-refractivity contribution in [2.24, 2.45) is 0 Å². The highest BCUT2D eigenvalue weighted by molar-refractivity contribution is 6.45. The Morgan fingerprint density at radius 1 is 0.781 bits per heavy atom. The Morgan fingerprint density at radius 3 is 2.03 bits per heavy atom. The first kappa shape index (κ1) is 21.2. The van der Waals surface area contributed by atoms with Crippen molar-refractivity contribution in [2.75, 3.05) is 26.2 Å². The molecule has 3 aromatic rings. The maximum Gasteiger partial charge on any atom is 0.282 e. The average Bonchev–Trinajstić information content (AvgIpc) is 3.09. The minimum absolute atomic E-state index is 0.361. The van der Waals surface area contributed by atoms with Gasteiger partial charge in [0.25, 0.3) is 11.8 Å². The van der Waals surface area contributed by atoms with Crippen molar-refractivity contribution < 1.29 is 19.1 Å². The molecule has 6 heteroatoms. The van der Waals surface area contributed by atoms with Gasteiger partial charge in [0.2, 0.25) is 0 Å². The minimum Gasteiger partial charge on any atom is -0.493 e. The van der Waals surface area contributed by atoms with E-state index in [0.29, 0.717) is 40.6 Å². The molecule has 162 valence electrons. The summed E-state index contributed by atoms with van der Waals surface area (Å²) in [4.78, 5) is 30.2. The molecule has 0 bridgehead atoms. The number of ether oxygens (including phenoxy) is 2. The molecule has 0 saturated carbocycles. The molecule has 2 amide bonds. The van der Waals surface area contributed by atoms with Crippen LogP contribution < -0.4 is 14.4 Å². The molecule has 1 heterocycles. The number of hydrogen-bond acceptors (Lipinski definition) is 5. The number of hydrogen-bond donors (Lipinski definition) is 0. The summed E-state index contributed by atoms with van der Waals surface area (Å²) in [6.07, 6.45) is 0. The van der Waals surface area contributed by atoms with E-state index in [1.807, 2.05) is 72.6 Å². The molecule has 0 atom stereocenters. The van der Waals surface area contributed by atoms with Crippen LogP contribution in [0.5, 0.6) is 11.5 Å². The lowest BCUT2D eigenvalue weighted by Gasteiger charge is -2.22. The predicted molar refractivity (Wildman–Crippen MR) is 123 cm³/mol. The Balaban J connectivity index is 1.78. The van der Waals surface area contributed by atoms with Gasteiger partial charge in [-0.3, -0.25) is 9.59 Å². The van der Waals surface area contributed by atoms with Gasteiger partial charge >= 0.3 is 0 Å². The van der Waals surface area contributed by atoms with Gasteiger partial charge < -0.3 is 14.4 Å². The summed E-state index contributed by atoms with van der Waals surface area (Å²) in [5.74, 6) is 0.216. The van der Waals surface area contributed by atoms with Crippen LogP contribution in [0, 0.1) is 0 Å². The summed E-state index contributed by atoms with van der Waals surface area (Å²) in [5.41, 5.74) is 2.90. The number of carbonyl (C=O) groups excluding carboxylic acids is 2. The Hall–Kier alpha value is -4.06. The van der Waals surface area contributed by atoms with Crippen molar-refractivity contribution in [3.63, 3.8) is 0 Å². The Bertz CT molecular complexity index is 1170. The standard InChI is InChI=1S/C26H24N2O4/c1-27(17-18-10-6-4-7-11-18)24-23(19-12-8-5-9-13-19)25(29)28(26(24)30)20-14-15-21(31-2)22(16-20)32-3/h4-16H,17H2,1-3H3. The summed E-state index contributed by atoms with van der Waals surface area (Å²) in [5, 5.41) is 0. The van der Waals surface area contributed by atoms with Crippen LogP contribution in [0.4, 0.5) is 5.69 Å². The normalized spacial score (nSPS) is 13.5. The molecule has 6 nitrogen and oxygen atoms in total. The highest BCUT2D eigenvalue weighted by Crippen LogP contribution is 2.38. The largest absolute Gasteiger partial charge is 0.493 e. The number of rotatable bonds is 7. The van der Waals surface area contributed by atoms with E-state index in [0.717, 1.165) is 5.56 Å². The fourth-order valence-electron chi connectivity index (χ4n) is 3.87. The van der Waals surface area contributed by atoms with Gasteiger partial charge in [-0.15, -0.1) is 0 Å². The van der Waals surface area contributed by atoms with Gasteiger partial charge in [-0.25, -0.2) is 4.90 Å². The first-order valence-corrected chi connectivity index (χ1v) is 10.2. The van der Waals surface area contributed by atoms with Crippen LogP contribution in [0.1, 0.15) is 11.1 Å². The molecule has 0 fully saturated rings. The van der Waals surface area contributed by atoms with Crippen LogP contribution in [0.2, 0.25) is 0 Å². The molecule has 0 saturated heterocycles. The lowest BCUT2D eigenvalue weighted by molar-refractivity contribution is -0.120. The molecule has 4 rings (SSSR count). The molecule has 0 aromatic heterocycles. The zero-order chi connectivity index (χ0) is 22.7. The molecule has 0 unspecified atom stereocenters. The molecule has 0 N–H and O–H groups in total. The fourth-order valence-corrected chi connectivity index (χ4v) is 3.87. The molecular weight excluding hydrogens is 404 g/mol. The van der Waals surface area contributed by atoms with Gasteiger partial charge in [0.1, 0.15) is 5.70 Å². The molecule has 3 aromatic carbocycles. The van der Waals surface area contributed by atoms with E-state index in [-0.39, 0.29) is 11.8 Å². The van der Waals surface area contributed by atoms with Crippen molar-refractivity contribution in [2.45, 2.75) is 6.54 Å². The number of benzene rings is 3. The first-order chi connectivity index (χ1) is 15.5. The van der Waals surface area contributed by atoms with Gasteiger partial charge in [-0.1, -0.05) is 60.7 Å². The Labute approximate surface area is 187 Å². The quantitative estimate of drug-likeness (QED) is 0.530. The predicted octanol–water partition coefficient (Wildman–Crippen LogP) is 4.12. The van der Waals surface area contributed by atoms with Gasteiger partial charge in [0.15, 0.2) is 11.5 Å². The number of methoxy groups -OCH3 is 2. The number of anilines is 1. The number of nitrogens with zero attached hydrogens (tertiary/aromatic N) is 2. The second kappa shape index (κ2) is 8.98.